The molecule has 0 fully saturated rings. The van der Waals surface area contributed by atoms with Gasteiger partial charge in [0.2, 0.25) is 0 Å². The monoisotopic (exact) mass is 354 g/mol. The summed E-state index contributed by atoms with van der Waals surface area (Å²) in [7, 11) is 0. The summed E-state index contributed by atoms with van der Waals surface area (Å²) >= 11 is 6.05. The van der Waals surface area contributed by atoms with Gasteiger partial charge in [-0.2, -0.15) is 5.26 Å². The van der Waals surface area contributed by atoms with Gasteiger partial charge in [-0.05, 0) is 41.8 Å². The van der Waals surface area contributed by atoms with Crippen molar-refractivity contribution in [2.75, 3.05) is 16.4 Å². The van der Waals surface area contributed by atoms with Gasteiger partial charge in [-0.25, -0.2) is 0 Å². The van der Waals surface area contributed by atoms with E-state index in [0.29, 0.717) is 28.0 Å². The first-order valence-electron chi connectivity index (χ1n) is 7.74. The number of nitrogens with two attached hydrogens (primary N) is 1. The molecule has 0 saturated carbocycles. The topological polar surface area (TPSA) is 90.9 Å². The van der Waals surface area contributed by atoms with E-state index >= 15 is 0 Å². The smallest absolute Gasteiger partial charge is 0.267 e. The molecule has 0 spiro atoms. The van der Waals surface area contributed by atoms with Gasteiger partial charge in [0.25, 0.3) is 5.91 Å². The second kappa shape index (κ2) is 8.22. The van der Waals surface area contributed by atoms with E-state index in [0.717, 1.165) is 0 Å². The molecular weight excluding hydrogens is 336 g/mol. The lowest BCUT2D eigenvalue weighted by atomic mass is 10.0. The van der Waals surface area contributed by atoms with Crippen LogP contribution >= 0.6 is 11.6 Å². The SMILES string of the molecule is CC(C)c1ccc(NC(=O)/C(C#N)=C\Nc2ccc(N)cc2Cl)cc1. The Balaban J connectivity index is 2.08. The fraction of sp³-hybridized carbons (Fsp3) is 0.158. The number of halogens is 1. The van der Waals surface area contributed by atoms with E-state index in [2.05, 4.69) is 24.5 Å². The lowest BCUT2D eigenvalue weighted by Gasteiger charge is -2.09. The van der Waals surface area contributed by atoms with E-state index < -0.39 is 5.91 Å². The highest BCUT2D eigenvalue weighted by Gasteiger charge is 2.10. The summed E-state index contributed by atoms with van der Waals surface area (Å²) in [6.45, 7) is 4.19. The average molecular weight is 355 g/mol. The lowest BCUT2D eigenvalue weighted by molar-refractivity contribution is -0.112. The highest BCUT2D eigenvalue weighted by molar-refractivity contribution is 6.33. The van der Waals surface area contributed by atoms with Gasteiger partial charge in [-0.1, -0.05) is 37.6 Å². The van der Waals surface area contributed by atoms with E-state index in [1.807, 2.05) is 30.3 Å². The van der Waals surface area contributed by atoms with Gasteiger partial charge < -0.3 is 16.4 Å². The molecule has 2 aromatic carbocycles. The Bertz CT molecular complexity index is 835. The zero-order chi connectivity index (χ0) is 18.4. The van der Waals surface area contributed by atoms with Gasteiger partial charge in [0.05, 0.1) is 10.7 Å². The normalized spacial score (nSPS) is 11.1. The Morgan fingerprint density at radius 1 is 1.24 bits per heavy atom. The molecule has 4 N–H and O–H groups in total. The Morgan fingerprint density at radius 3 is 2.48 bits per heavy atom. The number of carbonyl (C=O) groups is 1. The van der Waals surface area contributed by atoms with Crippen molar-refractivity contribution in [3.05, 3.63) is 64.8 Å². The Hall–Kier alpha value is -2.97. The second-order valence-electron chi connectivity index (χ2n) is 5.78. The zero-order valence-corrected chi connectivity index (χ0v) is 14.8. The first-order valence-corrected chi connectivity index (χ1v) is 8.11. The van der Waals surface area contributed by atoms with Crippen molar-refractivity contribution in [3.63, 3.8) is 0 Å². The first-order chi connectivity index (χ1) is 11.9. The molecule has 0 radical (unpaired) electrons. The van der Waals surface area contributed by atoms with Crippen LogP contribution in [0.1, 0.15) is 25.3 Å². The van der Waals surface area contributed by atoms with Crippen molar-refractivity contribution < 1.29 is 4.79 Å². The maximum absolute atomic E-state index is 12.2. The molecule has 0 aliphatic heterocycles. The third-order valence-corrected chi connectivity index (χ3v) is 3.88. The second-order valence-corrected chi connectivity index (χ2v) is 6.19. The van der Waals surface area contributed by atoms with Crippen molar-refractivity contribution in [2.24, 2.45) is 0 Å². The minimum atomic E-state index is -0.501. The summed E-state index contributed by atoms with van der Waals surface area (Å²) in [6, 6.07) is 14.3. The number of amides is 1. The largest absolute Gasteiger partial charge is 0.399 e. The molecule has 0 atom stereocenters. The van der Waals surface area contributed by atoms with Crippen LogP contribution in [-0.2, 0) is 4.79 Å². The molecule has 0 aliphatic rings. The molecule has 5 nitrogen and oxygen atoms in total. The quantitative estimate of drug-likeness (QED) is 0.418. The Labute approximate surface area is 152 Å². The van der Waals surface area contributed by atoms with E-state index in [4.69, 9.17) is 17.3 Å². The fourth-order valence-corrected chi connectivity index (χ4v) is 2.34. The van der Waals surface area contributed by atoms with E-state index in [1.54, 1.807) is 18.2 Å². The molecule has 0 bridgehead atoms. The summed E-state index contributed by atoms with van der Waals surface area (Å²) in [5.41, 5.74) is 8.44. The highest BCUT2D eigenvalue weighted by Crippen LogP contribution is 2.24. The number of nitrogen functional groups attached to an aromatic ring is 1. The molecule has 2 rings (SSSR count). The standard InChI is InChI=1S/C19H19ClN4O/c1-12(2)13-3-6-16(7-4-13)24-19(25)14(10-21)11-23-18-8-5-15(22)9-17(18)20/h3-9,11-12,23H,22H2,1-2H3,(H,24,25)/b14-11-. The lowest BCUT2D eigenvalue weighted by Crippen LogP contribution is -2.14. The average Bonchev–Trinajstić information content (AvgIpc) is 2.57. The van der Waals surface area contributed by atoms with Gasteiger partial charge in [0.1, 0.15) is 11.6 Å². The van der Waals surface area contributed by atoms with Gasteiger partial charge in [-0.15, -0.1) is 0 Å². The van der Waals surface area contributed by atoms with Crippen LogP contribution in [-0.4, -0.2) is 5.91 Å². The number of anilines is 3. The molecule has 0 unspecified atom stereocenters. The van der Waals surface area contributed by atoms with Crippen LogP contribution in [0.4, 0.5) is 17.1 Å². The van der Waals surface area contributed by atoms with Crippen LogP contribution in [0.3, 0.4) is 0 Å². The number of rotatable bonds is 5. The first kappa shape index (κ1) is 18.4. The summed E-state index contributed by atoms with van der Waals surface area (Å²) < 4.78 is 0. The molecule has 0 aromatic heterocycles. The van der Waals surface area contributed by atoms with Crippen molar-refractivity contribution in [1.82, 2.24) is 0 Å². The molecule has 0 aliphatic carbocycles. The van der Waals surface area contributed by atoms with Gasteiger partial charge >= 0.3 is 0 Å². The third kappa shape index (κ3) is 5.00. The van der Waals surface area contributed by atoms with E-state index in [9.17, 15) is 10.1 Å². The van der Waals surface area contributed by atoms with E-state index in [1.165, 1.54) is 11.8 Å². The number of hydrogen-bond acceptors (Lipinski definition) is 4. The van der Waals surface area contributed by atoms with Crippen LogP contribution < -0.4 is 16.4 Å². The molecule has 0 saturated heterocycles. The van der Waals surface area contributed by atoms with Gasteiger partial charge in [0, 0.05) is 17.6 Å². The van der Waals surface area contributed by atoms with Crippen molar-refractivity contribution in [3.8, 4) is 6.07 Å². The van der Waals surface area contributed by atoms with Crippen molar-refractivity contribution in [1.29, 1.82) is 5.26 Å². The number of carbonyl (C=O) groups excluding carboxylic acids is 1. The third-order valence-electron chi connectivity index (χ3n) is 3.57. The molecule has 128 valence electrons. The fourth-order valence-electron chi connectivity index (χ4n) is 2.10. The van der Waals surface area contributed by atoms with Crippen LogP contribution in [0, 0.1) is 11.3 Å². The van der Waals surface area contributed by atoms with Crippen LogP contribution in [0.2, 0.25) is 5.02 Å². The molecule has 2 aromatic rings. The van der Waals surface area contributed by atoms with Gasteiger partial charge in [-0.3, -0.25) is 4.79 Å². The summed E-state index contributed by atoms with van der Waals surface area (Å²) in [4.78, 5) is 12.2. The van der Waals surface area contributed by atoms with Gasteiger partial charge in [0.15, 0.2) is 0 Å². The molecule has 0 heterocycles. The molecular formula is C19H19ClN4O. The number of nitrogens with one attached hydrogen (secondary N) is 2. The minimum Gasteiger partial charge on any atom is -0.399 e. The predicted molar refractivity (Wildman–Crippen MR) is 102 cm³/mol. The zero-order valence-electron chi connectivity index (χ0n) is 14.0. The van der Waals surface area contributed by atoms with Crippen molar-refractivity contribution >= 4 is 34.6 Å². The molecule has 25 heavy (non-hydrogen) atoms. The summed E-state index contributed by atoms with van der Waals surface area (Å²) in [6.07, 6.45) is 1.31. The maximum atomic E-state index is 12.2. The number of nitriles is 1. The van der Waals surface area contributed by atoms with E-state index in [-0.39, 0.29) is 5.57 Å². The Kier molecular flexibility index (Phi) is 6.04. The predicted octanol–water partition coefficient (Wildman–Crippen LogP) is 4.50. The number of nitrogens with zero attached hydrogens (tertiary/aromatic N) is 1. The highest BCUT2D eigenvalue weighted by atomic mass is 35.5. The van der Waals surface area contributed by atoms with Crippen molar-refractivity contribution in [2.45, 2.75) is 19.8 Å². The maximum Gasteiger partial charge on any atom is 0.267 e. The number of benzene rings is 2. The Morgan fingerprint density at radius 2 is 1.92 bits per heavy atom. The molecule has 1 amide bonds. The van der Waals surface area contributed by atoms with Crippen LogP contribution in [0.5, 0.6) is 0 Å². The minimum absolute atomic E-state index is 0.0687. The van der Waals surface area contributed by atoms with Crippen LogP contribution in [0.25, 0.3) is 0 Å². The number of hydrogen-bond donors (Lipinski definition) is 3. The molecule has 6 heteroatoms. The summed E-state index contributed by atoms with van der Waals surface area (Å²) in [5.74, 6) is -0.0907. The van der Waals surface area contributed by atoms with Crippen LogP contribution in [0.15, 0.2) is 54.2 Å². The summed E-state index contributed by atoms with van der Waals surface area (Å²) in [5, 5.41) is 15.2.